The van der Waals surface area contributed by atoms with Gasteiger partial charge in [-0.1, -0.05) is 36.4 Å². The number of aliphatic hydroxyl groups is 1. The van der Waals surface area contributed by atoms with Gasteiger partial charge in [0.2, 0.25) is 0 Å². The fourth-order valence-corrected chi connectivity index (χ4v) is 2.97. The van der Waals surface area contributed by atoms with Crippen LogP contribution in [0.5, 0.6) is 0 Å². The Morgan fingerprint density at radius 1 is 1.04 bits per heavy atom. The summed E-state index contributed by atoms with van der Waals surface area (Å²) in [5.41, 5.74) is 4.87. The van der Waals surface area contributed by atoms with E-state index in [4.69, 9.17) is 0 Å². The highest BCUT2D eigenvalue weighted by molar-refractivity contribution is 7.98. The van der Waals surface area contributed by atoms with Crippen LogP contribution in [0, 0.1) is 0 Å². The van der Waals surface area contributed by atoms with E-state index in [1.807, 2.05) is 18.4 Å². The van der Waals surface area contributed by atoms with Crippen LogP contribution in [0.25, 0.3) is 5.70 Å². The van der Waals surface area contributed by atoms with Gasteiger partial charge in [0.1, 0.15) is 0 Å². The maximum atomic E-state index is 12.8. The predicted molar refractivity (Wildman–Crippen MR) is 98.4 cm³/mol. The van der Waals surface area contributed by atoms with Crippen LogP contribution in [0.1, 0.15) is 16.7 Å². The van der Waals surface area contributed by atoms with E-state index in [0.717, 1.165) is 12.1 Å². The molecule has 0 spiro atoms. The van der Waals surface area contributed by atoms with Crippen LogP contribution < -0.4 is 10.8 Å². The molecule has 1 atom stereocenters. The summed E-state index contributed by atoms with van der Waals surface area (Å²) < 4.78 is 38.3. The molecule has 1 aliphatic rings. The van der Waals surface area contributed by atoms with Crippen molar-refractivity contribution in [3.8, 4) is 0 Å². The molecule has 1 heterocycles. The first-order chi connectivity index (χ1) is 12.8. The van der Waals surface area contributed by atoms with Crippen molar-refractivity contribution >= 4 is 17.5 Å². The topological polar surface area (TPSA) is 53.5 Å². The number of rotatable bonds is 6. The van der Waals surface area contributed by atoms with E-state index in [1.165, 1.54) is 10.5 Å². The number of hydrogen-bond donors (Lipinski definition) is 3. The number of halogens is 3. The monoisotopic (exact) mass is 396 g/mol. The molecule has 4 nitrogen and oxygen atoms in total. The predicted octanol–water partition coefficient (Wildman–Crippen LogP) is 3.82. The lowest BCUT2D eigenvalue weighted by Gasteiger charge is -2.21. The second kappa shape index (κ2) is 7.93. The summed E-state index contributed by atoms with van der Waals surface area (Å²) >= 11 is 1.69. The molecule has 2 aromatic rings. The van der Waals surface area contributed by atoms with Crippen LogP contribution >= 0.6 is 11.8 Å². The summed E-state index contributed by atoms with van der Waals surface area (Å²) in [5, 5.41) is 12.8. The molecule has 1 unspecified atom stereocenters. The molecule has 2 aromatic carbocycles. The number of hydroxylamine groups is 1. The minimum atomic E-state index is -4.92. The van der Waals surface area contributed by atoms with Crippen molar-refractivity contribution in [1.82, 2.24) is 10.8 Å². The molecule has 0 amide bonds. The molecule has 0 aliphatic carbocycles. The standard InChI is InChI=1S/C19H19F3N2O2S/c1-27-16-8-4-14(5-9-16)12-23-11-13-2-6-15(7-3-13)17-10-18(25,26-24-17)19(20,21)22/h2-10,23-25H,11-12H2,1H3. The van der Waals surface area contributed by atoms with Crippen LogP contribution in [-0.4, -0.2) is 23.3 Å². The molecule has 144 valence electrons. The van der Waals surface area contributed by atoms with E-state index in [-0.39, 0.29) is 5.70 Å². The zero-order chi connectivity index (χ0) is 19.5. The smallest absolute Gasteiger partial charge is 0.354 e. The van der Waals surface area contributed by atoms with E-state index < -0.39 is 12.0 Å². The molecule has 1 aliphatic heterocycles. The molecule has 0 fully saturated rings. The van der Waals surface area contributed by atoms with Gasteiger partial charge < -0.3 is 10.4 Å². The number of hydrogen-bond acceptors (Lipinski definition) is 5. The van der Waals surface area contributed by atoms with Crippen molar-refractivity contribution < 1.29 is 23.1 Å². The SMILES string of the molecule is CSc1ccc(CNCc2ccc(C3=CC(O)(C(F)(F)F)ON3)cc2)cc1. The zero-order valence-electron chi connectivity index (χ0n) is 14.5. The maximum Gasteiger partial charge on any atom is 0.449 e. The van der Waals surface area contributed by atoms with Gasteiger partial charge in [-0.3, -0.25) is 5.48 Å². The third kappa shape index (κ3) is 4.65. The van der Waals surface area contributed by atoms with Crippen molar-refractivity contribution in [2.45, 2.75) is 29.9 Å². The lowest BCUT2D eigenvalue weighted by Crippen LogP contribution is -2.45. The van der Waals surface area contributed by atoms with Crippen LogP contribution in [0.4, 0.5) is 13.2 Å². The molecule has 0 radical (unpaired) electrons. The Kier molecular flexibility index (Phi) is 5.81. The third-order valence-corrected chi connectivity index (χ3v) is 4.89. The van der Waals surface area contributed by atoms with E-state index in [9.17, 15) is 18.3 Å². The summed E-state index contributed by atoms with van der Waals surface area (Å²) in [4.78, 5) is 5.52. The Balaban J connectivity index is 1.57. The first-order valence-corrected chi connectivity index (χ1v) is 9.42. The summed E-state index contributed by atoms with van der Waals surface area (Å²) in [7, 11) is 0. The number of nitrogens with one attached hydrogen (secondary N) is 2. The molecule has 3 rings (SSSR count). The quantitative estimate of drug-likeness (QED) is 0.648. The molecule has 0 bridgehead atoms. The summed E-state index contributed by atoms with van der Waals surface area (Å²) in [5.74, 6) is -3.31. The Hall–Kier alpha value is -2.00. The van der Waals surface area contributed by atoms with Crippen LogP contribution in [-0.2, 0) is 17.9 Å². The highest BCUT2D eigenvalue weighted by Crippen LogP contribution is 2.37. The third-order valence-electron chi connectivity index (χ3n) is 4.14. The van der Waals surface area contributed by atoms with Crippen molar-refractivity contribution in [2.75, 3.05) is 6.26 Å². The maximum absolute atomic E-state index is 12.8. The first kappa shape index (κ1) is 19.8. The van der Waals surface area contributed by atoms with Crippen LogP contribution in [0.15, 0.2) is 59.5 Å². The molecule has 0 aromatic heterocycles. The van der Waals surface area contributed by atoms with Crippen LogP contribution in [0.2, 0.25) is 0 Å². The fraction of sp³-hybridized carbons (Fsp3) is 0.263. The van der Waals surface area contributed by atoms with Gasteiger partial charge in [-0.25, -0.2) is 4.84 Å². The normalized spacial score (nSPS) is 19.7. The van der Waals surface area contributed by atoms with Gasteiger partial charge in [-0.05, 0) is 35.1 Å². The Labute approximate surface area is 159 Å². The highest BCUT2D eigenvalue weighted by atomic mass is 32.2. The fourth-order valence-electron chi connectivity index (χ4n) is 2.57. The van der Waals surface area contributed by atoms with Crippen molar-refractivity contribution in [3.63, 3.8) is 0 Å². The number of thioether (sulfide) groups is 1. The summed E-state index contributed by atoms with van der Waals surface area (Å²) in [6.07, 6.45) is -2.26. The van der Waals surface area contributed by atoms with Crippen molar-refractivity contribution in [1.29, 1.82) is 0 Å². The van der Waals surface area contributed by atoms with Gasteiger partial charge in [0, 0.05) is 24.1 Å². The zero-order valence-corrected chi connectivity index (χ0v) is 15.3. The average molecular weight is 396 g/mol. The molecular formula is C19H19F3N2O2S. The Morgan fingerprint density at radius 3 is 2.07 bits per heavy atom. The summed E-state index contributed by atoms with van der Waals surface area (Å²) in [6, 6.07) is 15.3. The minimum absolute atomic E-state index is 0.0724. The van der Waals surface area contributed by atoms with E-state index in [2.05, 4.69) is 39.9 Å². The van der Waals surface area contributed by atoms with Crippen molar-refractivity contribution in [2.24, 2.45) is 0 Å². The molecule has 8 heteroatoms. The largest absolute Gasteiger partial charge is 0.449 e. The minimum Gasteiger partial charge on any atom is -0.354 e. The lowest BCUT2D eigenvalue weighted by molar-refractivity contribution is -0.345. The van der Waals surface area contributed by atoms with Gasteiger partial charge >= 0.3 is 12.0 Å². The molecule has 0 saturated carbocycles. The first-order valence-electron chi connectivity index (χ1n) is 8.20. The molecule has 0 saturated heterocycles. The van der Waals surface area contributed by atoms with Gasteiger partial charge in [0.05, 0.1) is 5.70 Å². The van der Waals surface area contributed by atoms with Gasteiger partial charge in [0.25, 0.3) is 0 Å². The second-order valence-electron chi connectivity index (χ2n) is 6.10. The highest BCUT2D eigenvalue weighted by Gasteiger charge is 2.57. The second-order valence-corrected chi connectivity index (χ2v) is 6.98. The van der Waals surface area contributed by atoms with E-state index in [1.54, 1.807) is 23.9 Å². The lowest BCUT2D eigenvalue weighted by atomic mass is 10.1. The Bertz CT molecular complexity index is 807. The van der Waals surface area contributed by atoms with E-state index >= 15 is 0 Å². The van der Waals surface area contributed by atoms with Crippen LogP contribution in [0.3, 0.4) is 0 Å². The van der Waals surface area contributed by atoms with Gasteiger partial charge in [0.15, 0.2) is 0 Å². The molecule has 27 heavy (non-hydrogen) atoms. The Morgan fingerprint density at radius 2 is 1.59 bits per heavy atom. The molecular weight excluding hydrogens is 377 g/mol. The number of alkyl halides is 3. The van der Waals surface area contributed by atoms with Crippen molar-refractivity contribution in [3.05, 3.63) is 71.3 Å². The summed E-state index contributed by atoms with van der Waals surface area (Å²) in [6.45, 7) is 1.34. The number of benzene rings is 2. The molecule has 3 N–H and O–H groups in total. The van der Waals surface area contributed by atoms with E-state index in [0.29, 0.717) is 18.2 Å². The average Bonchev–Trinajstić information content (AvgIpc) is 3.06. The van der Waals surface area contributed by atoms with Gasteiger partial charge in [-0.15, -0.1) is 11.8 Å². The van der Waals surface area contributed by atoms with Gasteiger partial charge in [-0.2, -0.15) is 13.2 Å².